The van der Waals surface area contributed by atoms with Crippen LogP contribution in [0.25, 0.3) is 0 Å². The summed E-state index contributed by atoms with van der Waals surface area (Å²) in [5.41, 5.74) is 6.49. The maximum absolute atomic E-state index is 13.8. The molecule has 0 aliphatic carbocycles. The molecule has 21 heavy (non-hydrogen) atoms. The zero-order valence-corrected chi connectivity index (χ0v) is 12.2. The van der Waals surface area contributed by atoms with Gasteiger partial charge in [0, 0.05) is 0 Å². The maximum atomic E-state index is 13.8. The third-order valence-corrected chi connectivity index (χ3v) is 3.69. The Morgan fingerprint density at radius 1 is 1.19 bits per heavy atom. The third kappa shape index (κ3) is 3.05. The van der Waals surface area contributed by atoms with Gasteiger partial charge >= 0.3 is 0 Å². The molecule has 2 aromatic carbocycles. The number of anilines is 1. The predicted octanol–water partition coefficient (Wildman–Crippen LogP) is 3.20. The van der Waals surface area contributed by atoms with E-state index in [9.17, 15) is 9.18 Å². The summed E-state index contributed by atoms with van der Waals surface area (Å²) in [5.74, 6) is -0.981. The van der Waals surface area contributed by atoms with E-state index in [0.717, 1.165) is 12.0 Å². The number of nitrogens with two attached hydrogens (primary N) is 1. The van der Waals surface area contributed by atoms with Crippen molar-refractivity contribution in [3.63, 3.8) is 0 Å². The van der Waals surface area contributed by atoms with Gasteiger partial charge in [-0.25, -0.2) is 4.39 Å². The normalized spacial score (nSPS) is 13.5. The number of rotatable bonds is 5. The van der Waals surface area contributed by atoms with Gasteiger partial charge in [-0.15, -0.1) is 0 Å². The molecule has 0 saturated heterocycles. The molecule has 0 spiro atoms. The molecule has 2 aromatic rings. The predicted molar refractivity (Wildman–Crippen MR) is 82.4 cm³/mol. The minimum atomic E-state index is -1.17. The van der Waals surface area contributed by atoms with E-state index in [1.807, 2.05) is 24.3 Å². The molecule has 2 rings (SSSR count). The average Bonchev–Trinajstić information content (AvgIpc) is 2.49. The van der Waals surface area contributed by atoms with Gasteiger partial charge in [0.25, 0.3) is 0 Å². The van der Waals surface area contributed by atoms with E-state index >= 15 is 0 Å². The zero-order chi connectivity index (χ0) is 15.5. The smallest absolute Gasteiger partial charge is 0.247 e. The molecular formula is C17H19FN2O. The summed E-state index contributed by atoms with van der Waals surface area (Å²) in [6.45, 7) is 3.71. The number of aryl methyl sites for hydroxylation is 1. The van der Waals surface area contributed by atoms with Gasteiger partial charge in [-0.05, 0) is 36.6 Å². The molecule has 0 fully saturated rings. The van der Waals surface area contributed by atoms with Crippen molar-refractivity contribution in [1.29, 1.82) is 0 Å². The Bertz CT molecular complexity index is 639. The van der Waals surface area contributed by atoms with E-state index in [-0.39, 0.29) is 5.69 Å². The first-order chi connectivity index (χ1) is 9.97. The molecule has 3 N–H and O–H groups in total. The van der Waals surface area contributed by atoms with Gasteiger partial charge in [0.2, 0.25) is 5.91 Å². The van der Waals surface area contributed by atoms with Crippen LogP contribution in [0.15, 0.2) is 48.5 Å². The quantitative estimate of drug-likeness (QED) is 0.886. The van der Waals surface area contributed by atoms with Crippen molar-refractivity contribution in [1.82, 2.24) is 0 Å². The van der Waals surface area contributed by atoms with Gasteiger partial charge in [-0.3, -0.25) is 4.79 Å². The Balaban J connectivity index is 2.40. The topological polar surface area (TPSA) is 55.1 Å². The van der Waals surface area contributed by atoms with E-state index in [0.29, 0.717) is 5.56 Å². The molecule has 0 radical (unpaired) electrons. The number of carbonyl (C=O) groups is 1. The van der Waals surface area contributed by atoms with Crippen molar-refractivity contribution in [2.24, 2.45) is 5.73 Å². The number of nitrogens with one attached hydrogen (secondary N) is 1. The monoisotopic (exact) mass is 286 g/mol. The number of hydrogen-bond acceptors (Lipinski definition) is 2. The lowest BCUT2D eigenvalue weighted by Crippen LogP contribution is -2.45. The number of carbonyl (C=O) groups excluding carboxylic acids is 1. The Labute approximate surface area is 124 Å². The molecule has 0 aliphatic heterocycles. The highest BCUT2D eigenvalue weighted by atomic mass is 19.1. The van der Waals surface area contributed by atoms with Crippen molar-refractivity contribution < 1.29 is 9.18 Å². The summed E-state index contributed by atoms with van der Waals surface area (Å²) in [7, 11) is 0. The Hall–Kier alpha value is -2.36. The minimum absolute atomic E-state index is 0.248. The summed E-state index contributed by atoms with van der Waals surface area (Å²) in [6, 6.07) is 13.8. The van der Waals surface area contributed by atoms with Crippen LogP contribution in [0, 0.1) is 5.82 Å². The molecule has 0 saturated carbocycles. The van der Waals surface area contributed by atoms with Gasteiger partial charge in [0.05, 0.1) is 5.69 Å². The molecule has 3 nitrogen and oxygen atoms in total. The Morgan fingerprint density at radius 2 is 1.81 bits per heavy atom. The molecule has 0 aromatic heterocycles. The minimum Gasteiger partial charge on any atom is -0.367 e. The molecule has 0 bridgehead atoms. The molecular weight excluding hydrogens is 267 g/mol. The van der Waals surface area contributed by atoms with E-state index in [1.165, 1.54) is 6.07 Å². The van der Waals surface area contributed by atoms with Crippen LogP contribution >= 0.6 is 0 Å². The number of para-hydroxylation sites is 1. The number of halogens is 1. The number of amides is 1. The fraction of sp³-hybridized carbons (Fsp3) is 0.235. The van der Waals surface area contributed by atoms with Crippen molar-refractivity contribution in [3.8, 4) is 0 Å². The highest BCUT2D eigenvalue weighted by Crippen LogP contribution is 2.27. The highest BCUT2D eigenvalue weighted by Gasteiger charge is 2.33. The fourth-order valence-corrected chi connectivity index (χ4v) is 2.18. The van der Waals surface area contributed by atoms with Crippen LogP contribution in [0.5, 0.6) is 0 Å². The Morgan fingerprint density at radius 3 is 2.33 bits per heavy atom. The second-order valence-electron chi connectivity index (χ2n) is 5.14. The number of primary amides is 1. The summed E-state index contributed by atoms with van der Waals surface area (Å²) < 4.78 is 13.8. The second kappa shape index (κ2) is 5.95. The SMILES string of the molecule is CCc1ccc(C(C)(Nc2ccccc2F)C(N)=O)cc1. The van der Waals surface area contributed by atoms with Crippen LogP contribution in [-0.2, 0) is 16.8 Å². The molecule has 0 aliphatic rings. The molecule has 1 atom stereocenters. The van der Waals surface area contributed by atoms with E-state index in [4.69, 9.17) is 5.73 Å². The molecule has 1 amide bonds. The first-order valence-electron chi connectivity index (χ1n) is 6.89. The third-order valence-electron chi connectivity index (χ3n) is 3.69. The summed E-state index contributed by atoms with van der Waals surface area (Å²) >= 11 is 0. The van der Waals surface area contributed by atoms with Crippen molar-refractivity contribution >= 4 is 11.6 Å². The number of hydrogen-bond donors (Lipinski definition) is 2. The lowest BCUT2D eigenvalue weighted by atomic mass is 9.90. The van der Waals surface area contributed by atoms with Crippen LogP contribution < -0.4 is 11.1 Å². The summed E-state index contributed by atoms with van der Waals surface area (Å²) in [5, 5.41) is 2.93. The van der Waals surface area contributed by atoms with Crippen molar-refractivity contribution in [2.75, 3.05) is 5.32 Å². The number of benzene rings is 2. The van der Waals surface area contributed by atoms with Gasteiger partial charge in [0.1, 0.15) is 11.4 Å². The molecule has 0 heterocycles. The van der Waals surface area contributed by atoms with Crippen LogP contribution in [0.2, 0.25) is 0 Å². The first-order valence-corrected chi connectivity index (χ1v) is 6.89. The van der Waals surface area contributed by atoms with Crippen molar-refractivity contribution in [2.45, 2.75) is 25.8 Å². The van der Waals surface area contributed by atoms with Crippen molar-refractivity contribution in [3.05, 3.63) is 65.5 Å². The first kappa shape index (κ1) is 15.0. The van der Waals surface area contributed by atoms with Crippen LogP contribution in [0.4, 0.5) is 10.1 Å². The second-order valence-corrected chi connectivity index (χ2v) is 5.14. The van der Waals surface area contributed by atoms with Gasteiger partial charge < -0.3 is 11.1 Å². The van der Waals surface area contributed by atoms with E-state index in [2.05, 4.69) is 12.2 Å². The van der Waals surface area contributed by atoms with Gasteiger partial charge in [-0.2, -0.15) is 0 Å². The standard InChI is InChI=1S/C17H19FN2O/c1-3-12-8-10-13(11-9-12)17(2,16(19)21)20-15-7-5-4-6-14(15)18/h4-11,20H,3H2,1-2H3,(H2,19,21). The van der Waals surface area contributed by atoms with Crippen LogP contribution in [0.1, 0.15) is 25.0 Å². The largest absolute Gasteiger partial charge is 0.367 e. The average molecular weight is 286 g/mol. The lowest BCUT2D eigenvalue weighted by molar-refractivity contribution is -0.122. The van der Waals surface area contributed by atoms with Gasteiger partial charge in [0.15, 0.2) is 0 Å². The van der Waals surface area contributed by atoms with E-state index in [1.54, 1.807) is 25.1 Å². The maximum Gasteiger partial charge on any atom is 0.247 e. The molecule has 110 valence electrons. The fourth-order valence-electron chi connectivity index (χ4n) is 2.18. The summed E-state index contributed by atoms with van der Waals surface area (Å²) in [6.07, 6.45) is 0.911. The Kier molecular flexibility index (Phi) is 4.26. The van der Waals surface area contributed by atoms with Gasteiger partial charge in [-0.1, -0.05) is 43.3 Å². The lowest BCUT2D eigenvalue weighted by Gasteiger charge is -2.29. The molecule has 1 unspecified atom stereocenters. The summed E-state index contributed by atoms with van der Waals surface area (Å²) in [4.78, 5) is 11.9. The zero-order valence-electron chi connectivity index (χ0n) is 12.2. The highest BCUT2D eigenvalue weighted by molar-refractivity contribution is 5.89. The van der Waals surface area contributed by atoms with Crippen LogP contribution in [0.3, 0.4) is 0 Å². The molecule has 4 heteroatoms. The van der Waals surface area contributed by atoms with Crippen LogP contribution in [-0.4, -0.2) is 5.91 Å². The van der Waals surface area contributed by atoms with E-state index < -0.39 is 17.3 Å².